The minimum Gasteiger partial charge on any atom is -0.336 e. The van der Waals surface area contributed by atoms with Crippen LogP contribution < -0.4 is 16.2 Å². The molecule has 2 aromatic rings. The molecule has 0 saturated heterocycles. The van der Waals surface area contributed by atoms with E-state index in [2.05, 4.69) is 24.5 Å². The van der Waals surface area contributed by atoms with Crippen molar-refractivity contribution in [1.29, 1.82) is 0 Å². The second kappa shape index (κ2) is 11.7. The van der Waals surface area contributed by atoms with Crippen LogP contribution in [-0.4, -0.2) is 34.5 Å². The highest BCUT2D eigenvalue weighted by atomic mass is 35.5. The summed E-state index contributed by atoms with van der Waals surface area (Å²) in [6.07, 6.45) is 8.07. The lowest BCUT2D eigenvalue weighted by atomic mass is 10.2. The summed E-state index contributed by atoms with van der Waals surface area (Å²) in [5.74, 6) is 0. The number of hydrogen-bond donors (Lipinski definition) is 2. The van der Waals surface area contributed by atoms with E-state index in [0.717, 1.165) is 60.7 Å². The van der Waals surface area contributed by atoms with E-state index in [1.807, 2.05) is 0 Å². The third-order valence-electron chi connectivity index (χ3n) is 4.81. The molecule has 1 aromatic carbocycles. The number of unbranched alkanes of at least 4 members (excludes halogenated alkanes) is 6. The van der Waals surface area contributed by atoms with Crippen molar-refractivity contribution in [3.05, 3.63) is 33.6 Å². The van der Waals surface area contributed by atoms with E-state index in [1.165, 1.54) is 12.1 Å². The van der Waals surface area contributed by atoms with Crippen molar-refractivity contribution in [3.8, 4) is 0 Å². The molecule has 0 aliphatic heterocycles. The summed E-state index contributed by atoms with van der Waals surface area (Å²) < 4.78 is 1.95. The highest BCUT2D eigenvalue weighted by molar-refractivity contribution is 6.31. The molecule has 29 heavy (non-hydrogen) atoms. The zero-order chi connectivity index (χ0) is 21.2. The third kappa shape index (κ3) is 6.10. The number of nitrogens with one attached hydrogen (secondary N) is 2. The number of carbonyl (C=O) groups is 2. The molecule has 0 spiro atoms. The Morgan fingerprint density at radius 1 is 0.862 bits per heavy atom. The summed E-state index contributed by atoms with van der Waals surface area (Å²) in [4.78, 5) is 38.4. The first-order valence-electron chi connectivity index (χ1n) is 10.5. The Kier molecular flexibility index (Phi) is 9.25. The van der Waals surface area contributed by atoms with Crippen LogP contribution in [0.3, 0.4) is 0 Å². The van der Waals surface area contributed by atoms with Crippen LogP contribution >= 0.6 is 11.6 Å². The van der Waals surface area contributed by atoms with E-state index in [0.29, 0.717) is 23.6 Å². The van der Waals surface area contributed by atoms with E-state index in [1.54, 1.807) is 6.07 Å². The highest BCUT2D eigenvalue weighted by Gasteiger charge is 2.22. The fraction of sp³-hybridized carbons (Fsp3) is 0.571. The van der Waals surface area contributed by atoms with Crippen molar-refractivity contribution < 1.29 is 9.59 Å². The first-order valence-corrected chi connectivity index (χ1v) is 10.9. The largest absolute Gasteiger partial charge is 0.344 e. The number of fused-ring (bicyclic) bond motifs is 1. The Morgan fingerprint density at radius 3 is 1.97 bits per heavy atom. The van der Waals surface area contributed by atoms with Gasteiger partial charge in [-0.3, -0.25) is 4.79 Å². The van der Waals surface area contributed by atoms with Gasteiger partial charge in [0.15, 0.2) is 0 Å². The maximum absolute atomic E-state index is 12.8. The van der Waals surface area contributed by atoms with Crippen molar-refractivity contribution in [1.82, 2.24) is 20.0 Å². The average Bonchev–Trinajstić information content (AvgIpc) is 2.99. The third-order valence-corrected chi connectivity index (χ3v) is 5.04. The van der Waals surface area contributed by atoms with Gasteiger partial charge in [0.1, 0.15) is 0 Å². The lowest BCUT2D eigenvalue weighted by molar-refractivity contribution is 0.224. The molecule has 0 aliphatic carbocycles. The van der Waals surface area contributed by atoms with E-state index in [-0.39, 0.29) is 5.39 Å². The van der Waals surface area contributed by atoms with Gasteiger partial charge in [0.05, 0.1) is 10.9 Å². The molecule has 7 nitrogen and oxygen atoms in total. The summed E-state index contributed by atoms with van der Waals surface area (Å²) in [7, 11) is 0. The molecule has 0 aliphatic rings. The van der Waals surface area contributed by atoms with E-state index in [4.69, 9.17) is 11.6 Å². The summed E-state index contributed by atoms with van der Waals surface area (Å²) in [5.41, 5.74) is -0.224. The predicted molar refractivity (Wildman–Crippen MR) is 117 cm³/mol. The van der Waals surface area contributed by atoms with E-state index >= 15 is 0 Å². The molecule has 0 unspecified atom stereocenters. The van der Waals surface area contributed by atoms with Crippen LogP contribution in [-0.2, 0) is 0 Å². The zero-order valence-corrected chi connectivity index (χ0v) is 18.1. The number of carbonyl (C=O) groups excluding carboxylic acids is 2. The average molecular weight is 423 g/mol. The summed E-state index contributed by atoms with van der Waals surface area (Å²) >= 11 is 6.07. The molecular formula is C21H31ClN4O3. The van der Waals surface area contributed by atoms with Crippen molar-refractivity contribution in [2.75, 3.05) is 13.1 Å². The summed E-state index contributed by atoms with van der Waals surface area (Å²) in [5, 5.41) is 6.21. The van der Waals surface area contributed by atoms with Gasteiger partial charge in [-0.2, -0.15) is 9.36 Å². The predicted octanol–water partition coefficient (Wildman–Crippen LogP) is 4.73. The maximum Gasteiger partial charge on any atom is 0.344 e. The molecule has 160 valence electrons. The van der Waals surface area contributed by atoms with E-state index in [9.17, 15) is 14.4 Å². The minimum absolute atomic E-state index is 0.275. The Balaban J connectivity index is 2.25. The molecule has 0 radical (unpaired) electrons. The summed E-state index contributed by atoms with van der Waals surface area (Å²) in [6, 6.07) is 3.51. The van der Waals surface area contributed by atoms with Crippen molar-refractivity contribution in [2.24, 2.45) is 0 Å². The number of hydrogen-bond acceptors (Lipinski definition) is 3. The van der Waals surface area contributed by atoms with Crippen molar-refractivity contribution in [2.45, 2.75) is 65.2 Å². The fourth-order valence-electron chi connectivity index (χ4n) is 3.20. The molecule has 8 heteroatoms. The Hall–Kier alpha value is -2.28. The first-order chi connectivity index (χ1) is 14.0. The molecule has 2 N–H and O–H groups in total. The van der Waals surface area contributed by atoms with Gasteiger partial charge in [-0.1, -0.05) is 64.0 Å². The van der Waals surface area contributed by atoms with Crippen LogP contribution in [0.15, 0.2) is 23.0 Å². The standard InChI is InChI=1S/C21H31ClN4O3/c1-3-5-7-9-13-23-20(28)25-18-15-16(22)11-12-17(18)19(27)26(25)21(29)24-14-10-8-6-4-2/h11-12,15H,3-10,13-14H2,1-2H3,(H,23,28)(H,24,29). The minimum atomic E-state index is -0.611. The number of rotatable bonds is 10. The number of amides is 2. The van der Waals surface area contributed by atoms with Gasteiger partial charge in [0, 0.05) is 18.1 Å². The quantitative estimate of drug-likeness (QED) is 0.542. The number of nitrogens with zero attached hydrogens (tertiary/aromatic N) is 2. The van der Waals surface area contributed by atoms with Crippen LogP contribution in [0.4, 0.5) is 9.59 Å². The first kappa shape index (κ1) is 23.0. The van der Waals surface area contributed by atoms with Crippen molar-refractivity contribution >= 4 is 34.6 Å². The number of halogens is 1. The second-order valence-electron chi connectivity index (χ2n) is 7.18. The molecule has 1 aromatic heterocycles. The van der Waals surface area contributed by atoms with Crippen LogP contribution in [0.5, 0.6) is 0 Å². The lowest BCUT2D eigenvalue weighted by Crippen LogP contribution is -2.43. The monoisotopic (exact) mass is 422 g/mol. The van der Waals surface area contributed by atoms with Crippen LogP contribution in [0, 0.1) is 0 Å². The summed E-state index contributed by atoms with van der Waals surface area (Å²) in [6.45, 7) is 5.16. The molecular weight excluding hydrogens is 392 g/mol. The van der Waals surface area contributed by atoms with Crippen LogP contribution in [0.25, 0.3) is 10.9 Å². The normalized spacial score (nSPS) is 11.0. The zero-order valence-electron chi connectivity index (χ0n) is 17.3. The lowest BCUT2D eigenvalue weighted by Gasteiger charge is -2.12. The smallest absolute Gasteiger partial charge is 0.336 e. The number of aromatic nitrogens is 2. The van der Waals surface area contributed by atoms with Gasteiger partial charge >= 0.3 is 12.1 Å². The molecule has 1 heterocycles. The van der Waals surface area contributed by atoms with Gasteiger partial charge < -0.3 is 10.6 Å². The van der Waals surface area contributed by atoms with Gasteiger partial charge in [0.2, 0.25) is 0 Å². The maximum atomic E-state index is 12.8. The molecule has 0 atom stereocenters. The number of benzene rings is 1. The van der Waals surface area contributed by atoms with Crippen molar-refractivity contribution in [3.63, 3.8) is 0 Å². The SMILES string of the molecule is CCCCCCNC(=O)n1c(=O)c2ccc(Cl)cc2n1C(=O)NCCCCCC. The molecule has 2 rings (SSSR count). The van der Waals surface area contributed by atoms with Crippen LogP contribution in [0.1, 0.15) is 65.2 Å². The van der Waals surface area contributed by atoms with Gasteiger partial charge in [0.25, 0.3) is 5.56 Å². The van der Waals surface area contributed by atoms with Gasteiger partial charge in [-0.05, 0) is 31.0 Å². The van der Waals surface area contributed by atoms with Crippen LogP contribution in [0.2, 0.25) is 5.02 Å². The Bertz CT molecular complexity index is 888. The fourth-order valence-corrected chi connectivity index (χ4v) is 3.37. The van der Waals surface area contributed by atoms with E-state index < -0.39 is 17.6 Å². The molecule has 0 fully saturated rings. The Morgan fingerprint density at radius 2 is 1.41 bits per heavy atom. The molecule has 0 bridgehead atoms. The molecule has 0 saturated carbocycles. The van der Waals surface area contributed by atoms with Gasteiger partial charge in [-0.15, -0.1) is 0 Å². The topological polar surface area (TPSA) is 85.1 Å². The van der Waals surface area contributed by atoms with Gasteiger partial charge in [-0.25, -0.2) is 9.59 Å². The Labute approximate surface area is 176 Å². The molecule has 2 amide bonds. The second-order valence-corrected chi connectivity index (χ2v) is 7.61. The highest BCUT2D eigenvalue weighted by Crippen LogP contribution is 2.17.